The lowest BCUT2D eigenvalue weighted by Gasteiger charge is -2.27. The molecule has 0 bridgehead atoms. The van der Waals surface area contributed by atoms with Crippen LogP contribution >= 0.6 is 0 Å². The molecule has 0 aliphatic rings. The van der Waals surface area contributed by atoms with E-state index in [0.717, 1.165) is 17.0 Å². The number of anilines is 3. The second kappa shape index (κ2) is 7.38. The Balaban J connectivity index is 2.24. The summed E-state index contributed by atoms with van der Waals surface area (Å²) in [5.74, 6) is -3.05. The highest BCUT2D eigenvalue weighted by molar-refractivity contribution is 5.77. The van der Waals surface area contributed by atoms with E-state index >= 15 is 0 Å². The predicted molar refractivity (Wildman–Crippen MR) is 91.0 cm³/mol. The van der Waals surface area contributed by atoms with Gasteiger partial charge in [0.2, 0.25) is 0 Å². The van der Waals surface area contributed by atoms with Gasteiger partial charge in [-0.2, -0.15) is 26.3 Å². The molecule has 0 atom stereocenters. The zero-order chi connectivity index (χ0) is 21.4. The van der Waals surface area contributed by atoms with Crippen LogP contribution in [0.1, 0.15) is 11.1 Å². The first-order chi connectivity index (χ1) is 13.5. The maximum atomic E-state index is 13.7. The van der Waals surface area contributed by atoms with Crippen molar-refractivity contribution < 1.29 is 35.1 Å². The average molecular weight is 417 g/mol. The van der Waals surface area contributed by atoms with Crippen LogP contribution in [0.5, 0.6) is 0 Å². The monoisotopic (exact) mass is 417 g/mol. The van der Waals surface area contributed by atoms with Crippen LogP contribution in [0.3, 0.4) is 0 Å². The van der Waals surface area contributed by atoms with Gasteiger partial charge in [0.1, 0.15) is 11.6 Å². The van der Waals surface area contributed by atoms with Crippen LogP contribution in [-0.4, -0.2) is 0 Å². The van der Waals surface area contributed by atoms with E-state index < -0.39 is 35.1 Å². The molecule has 3 aromatic rings. The van der Waals surface area contributed by atoms with Gasteiger partial charge in [0.15, 0.2) is 0 Å². The van der Waals surface area contributed by atoms with Crippen LogP contribution in [0.15, 0.2) is 66.7 Å². The quantitative estimate of drug-likeness (QED) is 0.400. The lowest BCUT2D eigenvalue weighted by atomic mass is 10.1. The number of rotatable bonds is 3. The van der Waals surface area contributed by atoms with Gasteiger partial charge in [0.25, 0.3) is 0 Å². The Morgan fingerprint density at radius 3 is 1.31 bits per heavy atom. The van der Waals surface area contributed by atoms with Gasteiger partial charge in [0.05, 0.1) is 11.1 Å². The van der Waals surface area contributed by atoms with E-state index in [0.29, 0.717) is 24.3 Å². The molecular weight excluding hydrogens is 406 g/mol. The standard InChI is InChI=1S/C20H11F8N/c21-17-8-6-13(10-15(17)19(23,24)25)29(12-4-2-1-3-5-12)14-7-9-18(22)16(11-14)20(26,27)28/h1-11H. The maximum absolute atomic E-state index is 13.7. The highest BCUT2D eigenvalue weighted by atomic mass is 19.4. The number of nitrogens with zero attached hydrogens (tertiary/aromatic N) is 1. The SMILES string of the molecule is Fc1ccc(N(c2ccccc2)c2ccc(F)c(C(F)(F)F)c2)cc1C(F)(F)F. The second-order valence-electron chi connectivity index (χ2n) is 5.99. The molecule has 0 saturated heterocycles. The van der Waals surface area contributed by atoms with E-state index in [9.17, 15) is 35.1 Å². The fourth-order valence-corrected chi connectivity index (χ4v) is 2.76. The molecule has 0 fully saturated rings. The van der Waals surface area contributed by atoms with Gasteiger partial charge in [-0.3, -0.25) is 0 Å². The van der Waals surface area contributed by atoms with Crippen molar-refractivity contribution in [2.24, 2.45) is 0 Å². The number of hydrogen-bond donors (Lipinski definition) is 0. The fraction of sp³-hybridized carbons (Fsp3) is 0.100. The van der Waals surface area contributed by atoms with Crippen molar-refractivity contribution >= 4 is 17.1 Å². The summed E-state index contributed by atoms with van der Waals surface area (Å²) in [4.78, 5) is 1.04. The maximum Gasteiger partial charge on any atom is 0.419 e. The summed E-state index contributed by atoms with van der Waals surface area (Å²) in [5.41, 5.74) is -3.44. The molecule has 3 aromatic carbocycles. The first kappa shape index (κ1) is 20.6. The number of hydrogen-bond acceptors (Lipinski definition) is 1. The molecule has 1 nitrogen and oxygen atoms in total. The molecule has 0 amide bonds. The van der Waals surface area contributed by atoms with Gasteiger partial charge in [-0.1, -0.05) is 18.2 Å². The number of benzene rings is 3. The van der Waals surface area contributed by atoms with Crippen LogP contribution in [-0.2, 0) is 12.4 Å². The molecule has 0 N–H and O–H groups in total. The number of para-hydroxylation sites is 1. The summed E-state index contributed by atoms with van der Waals surface area (Å²) >= 11 is 0. The minimum atomic E-state index is -5.01. The minimum Gasteiger partial charge on any atom is -0.310 e. The van der Waals surface area contributed by atoms with E-state index in [-0.39, 0.29) is 17.1 Å². The predicted octanol–water partition coefficient (Wildman–Crippen LogP) is 7.47. The largest absolute Gasteiger partial charge is 0.419 e. The van der Waals surface area contributed by atoms with Crippen LogP contribution in [0, 0.1) is 11.6 Å². The number of halogens is 8. The zero-order valence-electron chi connectivity index (χ0n) is 14.3. The fourth-order valence-electron chi connectivity index (χ4n) is 2.76. The molecule has 0 aromatic heterocycles. The molecule has 0 aliphatic carbocycles. The van der Waals surface area contributed by atoms with Crippen molar-refractivity contribution in [1.82, 2.24) is 0 Å². The van der Waals surface area contributed by atoms with Crippen molar-refractivity contribution in [3.8, 4) is 0 Å². The molecular formula is C20H11F8N. The van der Waals surface area contributed by atoms with Gasteiger partial charge in [0, 0.05) is 17.1 Å². The van der Waals surface area contributed by atoms with Crippen molar-refractivity contribution in [2.45, 2.75) is 12.4 Å². The zero-order valence-corrected chi connectivity index (χ0v) is 14.3. The molecule has 0 spiro atoms. The molecule has 0 radical (unpaired) electrons. The van der Waals surface area contributed by atoms with Gasteiger partial charge >= 0.3 is 12.4 Å². The Morgan fingerprint density at radius 1 is 0.517 bits per heavy atom. The van der Waals surface area contributed by atoms with Crippen molar-refractivity contribution in [2.75, 3.05) is 4.90 Å². The highest BCUT2D eigenvalue weighted by Crippen LogP contribution is 2.41. The van der Waals surface area contributed by atoms with Crippen molar-refractivity contribution in [3.05, 3.63) is 89.5 Å². The average Bonchev–Trinajstić information content (AvgIpc) is 2.63. The van der Waals surface area contributed by atoms with Gasteiger partial charge < -0.3 is 4.90 Å². The lowest BCUT2D eigenvalue weighted by Crippen LogP contribution is -2.15. The summed E-state index contributed by atoms with van der Waals surface area (Å²) in [6.07, 6.45) is -10.0. The summed E-state index contributed by atoms with van der Waals surface area (Å²) in [6, 6.07) is 11.6. The third kappa shape index (κ3) is 4.33. The molecule has 0 heterocycles. The molecule has 0 saturated carbocycles. The van der Waals surface area contributed by atoms with E-state index in [2.05, 4.69) is 0 Å². The van der Waals surface area contributed by atoms with Crippen LogP contribution in [0.4, 0.5) is 52.2 Å². The molecule has 3 rings (SSSR count). The highest BCUT2D eigenvalue weighted by Gasteiger charge is 2.36. The summed E-state index contributed by atoms with van der Waals surface area (Å²) in [7, 11) is 0. The Hall–Kier alpha value is -3.10. The van der Waals surface area contributed by atoms with E-state index in [1.165, 1.54) is 24.3 Å². The molecule has 0 unspecified atom stereocenters. The van der Waals surface area contributed by atoms with Gasteiger partial charge in [-0.25, -0.2) is 8.78 Å². The summed E-state index contributed by atoms with van der Waals surface area (Å²) in [6.45, 7) is 0. The number of alkyl halides is 6. The molecule has 9 heteroatoms. The molecule has 152 valence electrons. The van der Waals surface area contributed by atoms with Crippen molar-refractivity contribution in [3.63, 3.8) is 0 Å². The van der Waals surface area contributed by atoms with E-state index in [4.69, 9.17) is 0 Å². The summed E-state index contributed by atoms with van der Waals surface area (Å²) < 4.78 is 106. The molecule has 29 heavy (non-hydrogen) atoms. The normalized spacial score (nSPS) is 12.1. The topological polar surface area (TPSA) is 3.24 Å². The minimum absolute atomic E-state index is 0.201. The van der Waals surface area contributed by atoms with Crippen molar-refractivity contribution in [1.29, 1.82) is 0 Å². The smallest absolute Gasteiger partial charge is 0.310 e. The van der Waals surface area contributed by atoms with E-state index in [1.807, 2.05) is 0 Å². The molecule has 0 aliphatic heterocycles. The third-order valence-corrected chi connectivity index (χ3v) is 4.04. The Kier molecular flexibility index (Phi) is 5.25. The third-order valence-electron chi connectivity index (χ3n) is 4.04. The first-order valence-corrected chi connectivity index (χ1v) is 8.07. The Labute approximate surface area is 159 Å². The lowest BCUT2D eigenvalue weighted by molar-refractivity contribution is -0.140. The van der Waals surface area contributed by atoms with Crippen LogP contribution in [0.25, 0.3) is 0 Å². The second-order valence-corrected chi connectivity index (χ2v) is 5.99. The van der Waals surface area contributed by atoms with Crippen LogP contribution in [0.2, 0.25) is 0 Å². The Morgan fingerprint density at radius 2 is 0.931 bits per heavy atom. The van der Waals surface area contributed by atoms with E-state index in [1.54, 1.807) is 6.07 Å². The van der Waals surface area contributed by atoms with Gasteiger partial charge in [-0.15, -0.1) is 0 Å². The summed E-state index contributed by atoms with van der Waals surface area (Å²) in [5, 5.41) is 0. The van der Waals surface area contributed by atoms with Gasteiger partial charge in [-0.05, 0) is 48.5 Å². The first-order valence-electron chi connectivity index (χ1n) is 8.07. The Bertz CT molecular complexity index is 946. The van der Waals surface area contributed by atoms with Crippen LogP contribution < -0.4 is 4.90 Å².